The van der Waals surface area contributed by atoms with E-state index in [0.29, 0.717) is 6.04 Å². The molecule has 1 fully saturated rings. The van der Waals surface area contributed by atoms with Gasteiger partial charge in [-0.25, -0.2) is 0 Å². The third kappa shape index (κ3) is 2.85. The maximum Gasteiger partial charge on any atom is 0.0397 e. The normalized spacial score (nSPS) is 29.6. The Bertz CT molecular complexity index is 468. The molecule has 1 aromatic carbocycles. The quantitative estimate of drug-likeness (QED) is 0.904. The van der Waals surface area contributed by atoms with Crippen LogP contribution in [0.4, 0.5) is 5.69 Å². The standard InChI is InChI=1S/C18H28N2/c1-13-4-6-17(14(2)10-13)19-12-15-5-7-18-16(11-15)8-9-20(18)3/h5,7,11,13-14,17,19H,4,6,8-10,12H2,1-3H3. The van der Waals surface area contributed by atoms with E-state index in [0.717, 1.165) is 18.4 Å². The lowest BCUT2D eigenvalue weighted by Crippen LogP contribution is -2.38. The lowest BCUT2D eigenvalue weighted by atomic mass is 9.80. The summed E-state index contributed by atoms with van der Waals surface area (Å²) in [7, 11) is 2.19. The number of nitrogens with one attached hydrogen (secondary N) is 1. The van der Waals surface area contributed by atoms with Crippen molar-refractivity contribution in [1.82, 2.24) is 5.32 Å². The molecular weight excluding hydrogens is 244 g/mol. The van der Waals surface area contributed by atoms with E-state index in [2.05, 4.69) is 49.3 Å². The first-order valence-electron chi connectivity index (χ1n) is 8.20. The Morgan fingerprint density at radius 2 is 2.10 bits per heavy atom. The van der Waals surface area contributed by atoms with Crippen LogP contribution in [0.3, 0.4) is 0 Å². The van der Waals surface area contributed by atoms with Crippen LogP contribution in [-0.4, -0.2) is 19.6 Å². The third-order valence-corrected chi connectivity index (χ3v) is 5.27. The molecule has 2 nitrogen and oxygen atoms in total. The Balaban J connectivity index is 1.59. The summed E-state index contributed by atoms with van der Waals surface area (Å²) >= 11 is 0. The fraction of sp³-hybridized carbons (Fsp3) is 0.667. The number of benzene rings is 1. The van der Waals surface area contributed by atoms with Crippen molar-refractivity contribution in [2.24, 2.45) is 11.8 Å². The summed E-state index contributed by atoms with van der Waals surface area (Å²) in [5.74, 6) is 1.73. The molecule has 3 rings (SSSR count). The van der Waals surface area contributed by atoms with E-state index in [9.17, 15) is 0 Å². The van der Waals surface area contributed by atoms with E-state index in [1.807, 2.05) is 0 Å². The number of nitrogens with zero attached hydrogens (tertiary/aromatic N) is 1. The van der Waals surface area contributed by atoms with Gasteiger partial charge in [0.15, 0.2) is 0 Å². The molecule has 1 N–H and O–H groups in total. The zero-order valence-corrected chi connectivity index (χ0v) is 13.2. The molecule has 0 bridgehead atoms. The number of hydrogen-bond donors (Lipinski definition) is 1. The number of hydrogen-bond acceptors (Lipinski definition) is 2. The maximum atomic E-state index is 3.80. The number of likely N-dealkylation sites (N-methyl/N-ethyl adjacent to an activating group) is 1. The zero-order chi connectivity index (χ0) is 14.1. The highest BCUT2D eigenvalue weighted by molar-refractivity contribution is 5.58. The molecule has 1 aromatic rings. The van der Waals surface area contributed by atoms with E-state index in [4.69, 9.17) is 0 Å². The van der Waals surface area contributed by atoms with Crippen molar-refractivity contribution in [2.75, 3.05) is 18.5 Å². The Kier molecular flexibility index (Phi) is 4.02. The summed E-state index contributed by atoms with van der Waals surface area (Å²) in [4.78, 5) is 2.36. The topological polar surface area (TPSA) is 15.3 Å². The van der Waals surface area contributed by atoms with Gasteiger partial charge in [-0.3, -0.25) is 0 Å². The number of fused-ring (bicyclic) bond motifs is 1. The minimum absolute atomic E-state index is 0.710. The molecule has 3 atom stereocenters. The Morgan fingerprint density at radius 1 is 1.25 bits per heavy atom. The van der Waals surface area contributed by atoms with Crippen molar-refractivity contribution in [3.8, 4) is 0 Å². The van der Waals surface area contributed by atoms with Gasteiger partial charge in [-0.1, -0.05) is 26.0 Å². The smallest absolute Gasteiger partial charge is 0.0397 e. The van der Waals surface area contributed by atoms with E-state index < -0.39 is 0 Å². The molecule has 3 unspecified atom stereocenters. The Labute approximate surface area is 123 Å². The van der Waals surface area contributed by atoms with Crippen LogP contribution >= 0.6 is 0 Å². The van der Waals surface area contributed by atoms with Crippen molar-refractivity contribution in [3.05, 3.63) is 29.3 Å². The van der Waals surface area contributed by atoms with E-state index in [1.165, 1.54) is 49.0 Å². The van der Waals surface area contributed by atoms with Gasteiger partial charge in [-0.2, -0.15) is 0 Å². The van der Waals surface area contributed by atoms with Gasteiger partial charge < -0.3 is 10.2 Å². The average Bonchev–Trinajstić information content (AvgIpc) is 2.79. The van der Waals surface area contributed by atoms with Crippen LogP contribution in [-0.2, 0) is 13.0 Å². The molecule has 2 heteroatoms. The molecule has 0 radical (unpaired) electrons. The van der Waals surface area contributed by atoms with Crippen LogP contribution < -0.4 is 10.2 Å². The van der Waals surface area contributed by atoms with E-state index in [-0.39, 0.29) is 0 Å². The third-order valence-electron chi connectivity index (χ3n) is 5.27. The van der Waals surface area contributed by atoms with Gasteiger partial charge in [0.2, 0.25) is 0 Å². The fourth-order valence-electron chi connectivity index (χ4n) is 3.95. The van der Waals surface area contributed by atoms with Gasteiger partial charge in [0.25, 0.3) is 0 Å². The summed E-state index contributed by atoms with van der Waals surface area (Å²) in [6.45, 7) is 7.00. The highest BCUT2D eigenvalue weighted by Gasteiger charge is 2.24. The largest absolute Gasteiger partial charge is 0.374 e. The maximum absolute atomic E-state index is 3.80. The lowest BCUT2D eigenvalue weighted by Gasteiger charge is -2.33. The first-order chi connectivity index (χ1) is 9.63. The second kappa shape index (κ2) is 5.77. The molecule has 1 heterocycles. The van der Waals surface area contributed by atoms with Crippen LogP contribution in [0.2, 0.25) is 0 Å². The van der Waals surface area contributed by atoms with E-state index in [1.54, 1.807) is 0 Å². The van der Waals surface area contributed by atoms with Gasteiger partial charge in [0.1, 0.15) is 0 Å². The predicted octanol–water partition coefficient (Wildman–Crippen LogP) is 3.59. The minimum Gasteiger partial charge on any atom is -0.374 e. The van der Waals surface area contributed by atoms with Crippen molar-refractivity contribution in [2.45, 2.75) is 52.1 Å². The number of anilines is 1. The van der Waals surface area contributed by atoms with Crippen molar-refractivity contribution < 1.29 is 0 Å². The molecule has 0 amide bonds. The summed E-state index contributed by atoms with van der Waals surface area (Å²) in [5, 5.41) is 3.80. The fourth-order valence-corrected chi connectivity index (χ4v) is 3.95. The first-order valence-corrected chi connectivity index (χ1v) is 8.20. The molecule has 1 aliphatic carbocycles. The summed E-state index contributed by atoms with van der Waals surface area (Å²) in [6, 6.07) is 7.71. The van der Waals surface area contributed by atoms with Gasteiger partial charge >= 0.3 is 0 Å². The summed E-state index contributed by atoms with van der Waals surface area (Å²) in [5.41, 5.74) is 4.40. The zero-order valence-electron chi connectivity index (χ0n) is 13.2. The van der Waals surface area contributed by atoms with Crippen molar-refractivity contribution >= 4 is 5.69 Å². The van der Waals surface area contributed by atoms with Crippen LogP contribution in [0, 0.1) is 11.8 Å². The lowest BCUT2D eigenvalue weighted by molar-refractivity contribution is 0.227. The highest BCUT2D eigenvalue weighted by Crippen LogP contribution is 2.30. The monoisotopic (exact) mass is 272 g/mol. The predicted molar refractivity (Wildman–Crippen MR) is 86.2 cm³/mol. The van der Waals surface area contributed by atoms with Crippen LogP contribution in [0.1, 0.15) is 44.2 Å². The molecule has 0 spiro atoms. The van der Waals surface area contributed by atoms with Crippen molar-refractivity contribution in [1.29, 1.82) is 0 Å². The molecule has 0 aromatic heterocycles. The van der Waals surface area contributed by atoms with Crippen LogP contribution in [0.25, 0.3) is 0 Å². The molecule has 110 valence electrons. The Hall–Kier alpha value is -1.02. The molecule has 20 heavy (non-hydrogen) atoms. The van der Waals surface area contributed by atoms with Crippen molar-refractivity contribution in [3.63, 3.8) is 0 Å². The second-order valence-corrected chi connectivity index (χ2v) is 7.02. The van der Waals surface area contributed by atoms with Crippen LogP contribution in [0.5, 0.6) is 0 Å². The summed E-state index contributed by atoms with van der Waals surface area (Å²) in [6.07, 6.45) is 5.32. The first kappa shape index (κ1) is 13.9. The van der Waals surface area contributed by atoms with Crippen LogP contribution in [0.15, 0.2) is 18.2 Å². The van der Waals surface area contributed by atoms with Gasteiger partial charge in [-0.05, 0) is 54.7 Å². The molecule has 1 saturated carbocycles. The van der Waals surface area contributed by atoms with Gasteiger partial charge in [-0.15, -0.1) is 0 Å². The molecule has 1 aliphatic heterocycles. The number of rotatable bonds is 3. The van der Waals surface area contributed by atoms with Gasteiger partial charge in [0, 0.05) is 31.9 Å². The average molecular weight is 272 g/mol. The highest BCUT2D eigenvalue weighted by atomic mass is 15.1. The summed E-state index contributed by atoms with van der Waals surface area (Å²) < 4.78 is 0. The molecule has 0 saturated heterocycles. The molecule has 2 aliphatic rings. The van der Waals surface area contributed by atoms with Gasteiger partial charge in [0.05, 0.1) is 0 Å². The Morgan fingerprint density at radius 3 is 2.90 bits per heavy atom. The SMILES string of the molecule is CC1CCC(NCc2ccc3c(c2)CCN3C)C(C)C1. The minimum atomic E-state index is 0.710. The van der Waals surface area contributed by atoms with E-state index >= 15 is 0 Å². The second-order valence-electron chi connectivity index (χ2n) is 7.02. The molecular formula is C18H28N2.